The van der Waals surface area contributed by atoms with Crippen molar-refractivity contribution >= 4 is 5.91 Å². The molecule has 1 aromatic rings. The highest BCUT2D eigenvalue weighted by molar-refractivity contribution is 5.92. The first-order valence-corrected chi connectivity index (χ1v) is 6.64. The SMILES string of the molecule is COc1cccc(C2NC3(CC3)C(=O)N2CC(F)(F)F)c1. The molecule has 1 spiro atoms. The van der Waals surface area contributed by atoms with Crippen LogP contribution < -0.4 is 10.1 Å². The van der Waals surface area contributed by atoms with Crippen molar-refractivity contribution < 1.29 is 22.7 Å². The second kappa shape index (κ2) is 4.62. The lowest BCUT2D eigenvalue weighted by Crippen LogP contribution is -2.39. The molecule has 21 heavy (non-hydrogen) atoms. The van der Waals surface area contributed by atoms with Gasteiger partial charge in [-0.2, -0.15) is 13.2 Å². The van der Waals surface area contributed by atoms with Gasteiger partial charge in [-0.05, 0) is 30.5 Å². The van der Waals surface area contributed by atoms with E-state index in [1.54, 1.807) is 24.3 Å². The summed E-state index contributed by atoms with van der Waals surface area (Å²) in [4.78, 5) is 13.1. The third-order valence-electron chi connectivity index (χ3n) is 3.90. The molecule has 2 aliphatic rings. The number of halogens is 3. The van der Waals surface area contributed by atoms with Gasteiger partial charge < -0.3 is 9.64 Å². The molecule has 0 radical (unpaired) electrons. The van der Waals surface area contributed by atoms with Gasteiger partial charge >= 0.3 is 6.18 Å². The highest BCUT2D eigenvalue weighted by atomic mass is 19.4. The monoisotopic (exact) mass is 300 g/mol. The van der Waals surface area contributed by atoms with Gasteiger partial charge in [0.1, 0.15) is 24.0 Å². The van der Waals surface area contributed by atoms with Crippen LogP contribution in [0.4, 0.5) is 13.2 Å². The molecule has 1 aliphatic carbocycles. The van der Waals surface area contributed by atoms with Crippen molar-refractivity contribution in [2.75, 3.05) is 13.7 Å². The maximum absolute atomic E-state index is 12.7. The molecule has 1 atom stereocenters. The molecule has 114 valence electrons. The fourth-order valence-corrected chi connectivity index (χ4v) is 2.71. The molecule has 1 heterocycles. The van der Waals surface area contributed by atoms with Gasteiger partial charge in [-0.15, -0.1) is 0 Å². The molecule has 1 saturated carbocycles. The Bertz CT molecular complexity index is 570. The second-order valence-electron chi connectivity index (χ2n) is 5.45. The number of benzene rings is 1. The Balaban J connectivity index is 1.92. The molecule has 0 aromatic heterocycles. The van der Waals surface area contributed by atoms with Crippen molar-refractivity contribution in [3.05, 3.63) is 29.8 Å². The summed E-state index contributed by atoms with van der Waals surface area (Å²) >= 11 is 0. The van der Waals surface area contributed by atoms with Crippen molar-refractivity contribution in [3.63, 3.8) is 0 Å². The van der Waals surface area contributed by atoms with Crippen molar-refractivity contribution in [2.45, 2.75) is 30.7 Å². The Labute approximate surface area is 119 Å². The van der Waals surface area contributed by atoms with E-state index in [2.05, 4.69) is 5.32 Å². The minimum Gasteiger partial charge on any atom is -0.497 e. The molecular weight excluding hydrogens is 285 g/mol. The Kier molecular flexibility index (Phi) is 3.12. The highest BCUT2D eigenvalue weighted by Gasteiger charge is 2.60. The molecule has 1 saturated heterocycles. The third-order valence-corrected chi connectivity index (χ3v) is 3.90. The second-order valence-corrected chi connectivity index (χ2v) is 5.45. The van der Waals surface area contributed by atoms with Gasteiger partial charge in [0.25, 0.3) is 0 Å². The first-order valence-electron chi connectivity index (χ1n) is 6.64. The summed E-state index contributed by atoms with van der Waals surface area (Å²) in [5, 5.41) is 3.05. The van der Waals surface area contributed by atoms with Gasteiger partial charge in [0, 0.05) is 0 Å². The summed E-state index contributed by atoms with van der Waals surface area (Å²) in [7, 11) is 1.49. The standard InChI is InChI=1S/C14H15F3N2O2/c1-21-10-4-2-3-9(7-10)11-18-13(5-6-13)12(20)19(11)8-14(15,16)17/h2-4,7,11,18H,5-6,8H2,1H3. The van der Waals surface area contributed by atoms with E-state index in [0.29, 0.717) is 24.2 Å². The lowest BCUT2D eigenvalue weighted by atomic mass is 10.1. The van der Waals surface area contributed by atoms with E-state index in [4.69, 9.17) is 4.74 Å². The summed E-state index contributed by atoms with van der Waals surface area (Å²) < 4.78 is 43.3. The van der Waals surface area contributed by atoms with Crippen molar-refractivity contribution in [1.82, 2.24) is 10.2 Å². The number of rotatable bonds is 3. The molecule has 1 amide bonds. The largest absolute Gasteiger partial charge is 0.497 e. The number of ether oxygens (including phenoxy) is 1. The van der Waals surface area contributed by atoms with Crippen LogP contribution in [0.15, 0.2) is 24.3 Å². The molecule has 0 bridgehead atoms. The summed E-state index contributed by atoms with van der Waals surface area (Å²) in [5.41, 5.74) is -0.199. The average Bonchev–Trinajstić information content (AvgIpc) is 3.17. The Hall–Kier alpha value is -1.76. The zero-order valence-electron chi connectivity index (χ0n) is 11.4. The van der Waals surface area contributed by atoms with Gasteiger partial charge in [-0.1, -0.05) is 12.1 Å². The van der Waals surface area contributed by atoms with Crippen LogP contribution in [0.3, 0.4) is 0 Å². The zero-order valence-corrected chi connectivity index (χ0v) is 11.4. The van der Waals surface area contributed by atoms with E-state index in [-0.39, 0.29) is 0 Å². The summed E-state index contributed by atoms with van der Waals surface area (Å²) in [6, 6.07) is 6.75. The minimum absolute atomic E-state index is 0.465. The summed E-state index contributed by atoms with van der Waals surface area (Å²) in [5.74, 6) is 0.0816. The number of alkyl halides is 3. The first-order chi connectivity index (χ1) is 9.85. The predicted octanol–water partition coefficient (Wildman–Crippen LogP) is 2.22. The summed E-state index contributed by atoms with van der Waals surface area (Å²) in [6.45, 7) is -1.25. The molecule has 1 N–H and O–H groups in total. The number of nitrogens with one attached hydrogen (secondary N) is 1. The van der Waals surface area contributed by atoms with Crippen LogP contribution in [-0.2, 0) is 4.79 Å². The van der Waals surface area contributed by atoms with E-state index in [9.17, 15) is 18.0 Å². The lowest BCUT2D eigenvalue weighted by Gasteiger charge is -2.25. The molecule has 3 rings (SSSR count). The normalized spacial score (nSPS) is 23.7. The number of nitrogens with zero attached hydrogens (tertiary/aromatic N) is 1. The van der Waals surface area contributed by atoms with Crippen LogP contribution in [0.2, 0.25) is 0 Å². The molecule has 1 aromatic carbocycles. The van der Waals surface area contributed by atoms with Gasteiger partial charge in [-0.3, -0.25) is 10.1 Å². The van der Waals surface area contributed by atoms with Crippen LogP contribution in [0.25, 0.3) is 0 Å². The first kappa shape index (κ1) is 14.2. The van der Waals surface area contributed by atoms with E-state index in [0.717, 1.165) is 4.90 Å². The number of carbonyl (C=O) groups is 1. The van der Waals surface area contributed by atoms with Gasteiger partial charge in [-0.25, -0.2) is 0 Å². The molecule has 7 heteroatoms. The fourth-order valence-electron chi connectivity index (χ4n) is 2.71. The molecule has 1 aliphatic heterocycles. The van der Waals surface area contributed by atoms with Gasteiger partial charge in [0.15, 0.2) is 0 Å². The van der Waals surface area contributed by atoms with E-state index >= 15 is 0 Å². The fraction of sp³-hybridized carbons (Fsp3) is 0.500. The van der Waals surface area contributed by atoms with Crippen molar-refractivity contribution in [1.29, 1.82) is 0 Å². The van der Waals surface area contributed by atoms with E-state index < -0.39 is 30.3 Å². The Morgan fingerprint density at radius 1 is 1.43 bits per heavy atom. The molecule has 1 unspecified atom stereocenters. The Morgan fingerprint density at radius 2 is 2.14 bits per heavy atom. The number of hydrogen-bond acceptors (Lipinski definition) is 3. The lowest BCUT2D eigenvalue weighted by molar-refractivity contribution is -0.162. The maximum atomic E-state index is 12.7. The zero-order chi connectivity index (χ0) is 15.3. The topological polar surface area (TPSA) is 41.6 Å². The van der Waals surface area contributed by atoms with E-state index in [1.165, 1.54) is 7.11 Å². The predicted molar refractivity (Wildman–Crippen MR) is 68.6 cm³/mol. The van der Waals surface area contributed by atoms with Crippen LogP contribution in [-0.4, -0.2) is 36.2 Å². The molecule has 2 fully saturated rings. The number of carbonyl (C=O) groups excluding carboxylic acids is 1. The number of methoxy groups -OCH3 is 1. The van der Waals surface area contributed by atoms with Crippen molar-refractivity contribution in [2.24, 2.45) is 0 Å². The summed E-state index contributed by atoms with van der Waals surface area (Å²) in [6.07, 6.45) is -4.02. The van der Waals surface area contributed by atoms with E-state index in [1.807, 2.05) is 0 Å². The van der Waals surface area contributed by atoms with Crippen molar-refractivity contribution in [3.8, 4) is 5.75 Å². The smallest absolute Gasteiger partial charge is 0.406 e. The molecule has 4 nitrogen and oxygen atoms in total. The van der Waals surface area contributed by atoms with Crippen LogP contribution in [0.5, 0.6) is 5.75 Å². The minimum atomic E-state index is -4.42. The Morgan fingerprint density at radius 3 is 2.71 bits per heavy atom. The van der Waals surface area contributed by atoms with Gasteiger partial charge in [0.05, 0.1) is 7.11 Å². The maximum Gasteiger partial charge on any atom is 0.406 e. The van der Waals surface area contributed by atoms with Crippen LogP contribution in [0, 0.1) is 0 Å². The average molecular weight is 300 g/mol. The number of hydrogen-bond donors (Lipinski definition) is 1. The van der Waals surface area contributed by atoms with Crippen LogP contribution in [0.1, 0.15) is 24.6 Å². The quantitative estimate of drug-likeness (QED) is 0.930. The number of amides is 1. The van der Waals surface area contributed by atoms with Gasteiger partial charge in [0.2, 0.25) is 5.91 Å². The highest BCUT2D eigenvalue weighted by Crippen LogP contribution is 2.46. The van der Waals surface area contributed by atoms with Crippen LogP contribution >= 0.6 is 0 Å². The third kappa shape index (κ3) is 2.57. The molecular formula is C14H15F3N2O2.